The predicted molar refractivity (Wildman–Crippen MR) is 81.3 cm³/mol. The molecule has 0 unspecified atom stereocenters. The van der Waals surface area contributed by atoms with Crippen LogP contribution in [-0.2, 0) is 10.0 Å². The second-order valence-corrected chi connectivity index (χ2v) is 7.23. The van der Waals surface area contributed by atoms with Crippen LogP contribution in [-0.4, -0.2) is 38.8 Å². The van der Waals surface area contributed by atoms with Gasteiger partial charge < -0.3 is 4.90 Å². The van der Waals surface area contributed by atoms with Gasteiger partial charge in [-0.3, -0.25) is 4.98 Å². The Morgan fingerprint density at radius 2 is 1.95 bits per heavy atom. The third kappa shape index (κ3) is 4.45. The molecular weight excluding hydrogens is 274 g/mol. The van der Waals surface area contributed by atoms with E-state index in [1.165, 1.54) is 5.69 Å². The molecule has 1 aliphatic heterocycles. The summed E-state index contributed by atoms with van der Waals surface area (Å²) in [7, 11) is -3.07. The van der Waals surface area contributed by atoms with Crippen molar-refractivity contribution in [1.29, 1.82) is 0 Å². The third-order valence-corrected chi connectivity index (χ3v) is 5.26. The Bertz CT molecular complexity index is 496. The Balaban J connectivity index is 1.77. The van der Waals surface area contributed by atoms with Gasteiger partial charge in [-0.25, -0.2) is 13.1 Å². The SMILES string of the molecule is CCCS(=O)(=O)NCC1CCN(c2ccncc2)CC1. The maximum Gasteiger partial charge on any atom is 0.211 e. The summed E-state index contributed by atoms with van der Waals surface area (Å²) in [5.74, 6) is 0.669. The maximum absolute atomic E-state index is 11.6. The van der Waals surface area contributed by atoms with Crippen LogP contribution in [0.5, 0.6) is 0 Å². The molecular formula is C14H23N3O2S. The second-order valence-electron chi connectivity index (χ2n) is 5.30. The number of rotatable bonds is 6. The molecule has 0 aliphatic carbocycles. The summed E-state index contributed by atoms with van der Waals surface area (Å²) in [6, 6.07) is 4.04. The monoisotopic (exact) mass is 297 g/mol. The van der Waals surface area contributed by atoms with Gasteiger partial charge in [0.25, 0.3) is 0 Å². The number of hydrogen-bond acceptors (Lipinski definition) is 4. The van der Waals surface area contributed by atoms with Gasteiger partial charge in [0.05, 0.1) is 5.75 Å². The van der Waals surface area contributed by atoms with E-state index in [9.17, 15) is 8.42 Å². The molecule has 20 heavy (non-hydrogen) atoms. The highest BCUT2D eigenvalue weighted by atomic mass is 32.2. The Morgan fingerprint density at radius 3 is 2.55 bits per heavy atom. The zero-order valence-electron chi connectivity index (χ0n) is 12.0. The topological polar surface area (TPSA) is 62.3 Å². The minimum Gasteiger partial charge on any atom is -0.371 e. The van der Waals surface area contributed by atoms with E-state index < -0.39 is 10.0 Å². The highest BCUT2D eigenvalue weighted by molar-refractivity contribution is 7.89. The van der Waals surface area contributed by atoms with Crippen molar-refractivity contribution < 1.29 is 8.42 Å². The van der Waals surface area contributed by atoms with E-state index in [1.54, 1.807) is 12.4 Å². The first-order chi connectivity index (χ1) is 9.61. The van der Waals surface area contributed by atoms with E-state index >= 15 is 0 Å². The van der Waals surface area contributed by atoms with Crippen LogP contribution in [0.25, 0.3) is 0 Å². The molecule has 0 saturated carbocycles. The lowest BCUT2D eigenvalue weighted by Crippen LogP contribution is -2.39. The van der Waals surface area contributed by atoms with Gasteiger partial charge in [-0.05, 0) is 37.3 Å². The molecule has 6 heteroatoms. The number of pyridine rings is 1. The minimum absolute atomic E-state index is 0.225. The zero-order chi connectivity index (χ0) is 14.4. The predicted octanol–water partition coefficient (Wildman–Crippen LogP) is 1.63. The maximum atomic E-state index is 11.6. The van der Waals surface area contributed by atoms with E-state index in [0.29, 0.717) is 18.9 Å². The van der Waals surface area contributed by atoms with Crippen molar-refractivity contribution in [2.24, 2.45) is 5.92 Å². The summed E-state index contributed by atoms with van der Waals surface area (Å²) >= 11 is 0. The van der Waals surface area contributed by atoms with E-state index in [-0.39, 0.29) is 5.75 Å². The number of piperidine rings is 1. The molecule has 0 spiro atoms. The van der Waals surface area contributed by atoms with Crippen LogP contribution in [0.4, 0.5) is 5.69 Å². The zero-order valence-corrected chi connectivity index (χ0v) is 12.8. The summed E-state index contributed by atoms with van der Waals surface area (Å²) in [6.45, 7) is 4.41. The van der Waals surface area contributed by atoms with E-state index in [0.717, 1.165) is 25.9 Å². The van der Waals surface area contributed by atoms with Crippen molar-refractivity contribution in [3.63, 3.8) is 0 Å². The molecule has 1 aromatic rings. The quantitative estimate of drug-likeness (QED) is 0.867. The van der Waals surface area contributed by atoms with E-state index in [2.05, 4.69) is 14.6 Å². The highest BCUT2D eigenvalue weighted by Gasteiger charge is 2.20. The average molecular weight is 297 g/mol. The molecule has 5 nitrogen and oxygen atoms in total. The molecule has 1 aromatic heterocycles. The van der Waals surface area contributed by atoms with Crippen molar-refractivity contribution in [3.05, 3.63) is 24.5 Å². The van der Waals surface area contributed by atoms with Crippen LogP contribution < -0.4 is 9.62 Å². The Kier molecular flexibility index (Phi) is 5.37. The molecule has 1 aliphatic rings. The molecule has 0 bridgehead atoms. The van der Waals surface area contributed by atoms with Crippen LogP contribution in [0.15, 0.2) is 24.5 Å². The number of anilines is 1. The fourth-order valence-corrected chi connectivity index (χ4v) is 3.71. The highest BCUT2D eigenvalue weighted by Crippen LogP contribution is 2.22. The van der Waals surface area contributed by atoms with Crippen molar-refractivity contribution >= 4 is 15.7 Å². The first kappa shape index (κ1) is 15.3. The van der Waals surface area contributed by atoms with Gasteiger partial charge in [-0.1, -0.05) is 6.92 Å². The summed E-state index contributed by atoms with van der Waals surface area (Å²) < 4.78 is 26.0. The first-order valence-corrected chi connectivity index (χ1v) is 8.88. The van der Waals surface area contributed by atoms with Crippen LogP contribution in [0.1, 0.15) is 26.2 Å². The van der Waals surface area contributed by atoms with Gasteiger partial charge in [0.2, 0.25) is 10.0 Å². The van der Waals surface area contributed by atoms with Gasteiger partial charge in [0.15, 0.2) is 0 Å². The van der Waals surface area contributed by atoms with Crippen LogP contribution in [0.3, 0.4) is 0 Å². The van der Waals surface area contributed by atoms with Gasteiger partial charge >= 0.3 is 0 Å². The van der Waals surface area contributed by atoms with Gasteiger partial charge in [0, 0.05) is 37.7 Å². The minimum atomic E-state index is -3.07. The molecule has 0 atom stereocenters. The molecule has 0 aromatic carbocycles. The van der Waals surface area contributed by atoms with Crippen molar-refractivity contribution in [3.8, 4) is 0 Å². The fraction of sp³-hybridized carbons (Fsp3) is 0.643. The average Bonchev–Trinajstić information content (AvgIpc) is 2.47. The van der Waals surface area contributed by atoms with Gasteiger partial charge in [-0.2, -0.15) is 0 Å². The fourth-order valence-electron chi connectivity index (χ4n) is 2.54. The molecule has 112 valence electrons. The lowest BCUT2D eigenvalue weighted by molar-refractivity contribution is 0.402. The number of nitrogens with zero attached hydrogens (tertiary/aromatic N) is 2. The Hall–Kier alpha value is -1.14. The van der Waals surface area contributed by atoms with Crippen LogP contribution in [0.2, 0.25) is 0 Å². The van der Waals surface area contributed by atoms with Gasteiger partial charge in [-0.15, -0.1) is 0 Å². The molecule has 2 rings (SSSR count). The summed E-state index contributed by atoms with van der Waals surface area (Å²) in [4.78, 5) is 6.36. The number of sulfonamides is 1. The summed E-state index contributed by atoms with van der Waals surface area (Å²) in [6.07, 6.45) is 6.32. The number of hydrogen-bond donors (Lipinski definition) is 1. The van der Waals surface area contributed by atoms with E-state index in [4.69, 9.17) is 0 Å². The molecule has 1 N–H and O–H groups in total. The third-order valence-electron chi connectivity index (χ3n) is 3.71. The van der Waals surface area contributed by atoms with Crippen LogP contribution in [0, 0.1) is 5.92 Å². The molecule has 0 amide bonds. The molecule has 1 saturated heterocycles. The first-order valence-electron chi connectivity index (χ1n) is 7.23. The lowest BCUT2D eigenvalue weighted by atomic mass is 9.97. The normalized spacial score (nSPS) is 17.4. The van der Waals surface area contributed by atoms with Crippen molar-refractivity contribution in [2.45, 2.75) is 26.2 Å². The lowest BCUT2D eigenvalue weighted by Gasteiger charge is -2.33. The van der Waals surface area contributed by atoms with E-state index in [1.807, 2.05) is 19.1 Å². The molecule has 2 heterocycles. The van der Waals surface area contributed by atoms with Gasteiger partial charge in [0.1, 0.15) is 0 Å². The largest absolute Gasteiger partial charge is 0.371 e. The van der Waals surface area contributed by atoms with Crippen molar-refractivity contribution in [2.75, 3.05) is 30.3 Å². The molecule has 0 radical (unpaired) electrons. The second kappa shape index (κ2) is 7.04. The Labute approximate surface area is 121 Å². The number of nitrogens with one attached hydrogen (secondary N) is 1. The summed E-state index contributed by atoms with van der Waals surface area (Å²) in [5.41, 5.74) is 1.20. The Morgan fingerprint density at radius 1 is 1.30 bits per heavy atom. The van der Waals surface area contributed by atoms with Crippen molar-refractivity contribution in [1.82, 2.24) is 9.71 Å². The number of aromatic nitrogens is 1. The standard InChI is InChI=1S/C14H23N3O2S/c1-2-11-20(18,19)16-12-13-5-9-17(10-6-13)14-3-7-15-8-4-14/h3-4,7-8,13,16H,2,5-6,9-12H2,1H3. The van der Waals surface area contributed by atoms with Crippen LogP contribution >= 0.6 is 0 Å². The summed E-state index contributed by atoms with van der Waals surface area (Å²) in [5, 5.41) is 0. The molecule has 1 fully saturated rings. The smallest absolute Gasteiger partial charge is 0.211 e.